The van der Waals surface area contributed by atoms with Gasteiger partial charge in [-0.25, -0.2) is 8.42 Å². The highest BCUT2D eigenvalue weighted by atomic mass is 79.9. The molecule has 0 unspecified atom stereocenters. The van der Waals surface area contributed by atoms with Crippen LogP contribution in [0.3, 0.4) is 0 Å². The summed E-state index contributed by atoms with van der Waals surface area (Å²) in [5.41, 5.74) is 2.57. The van der Waals surface area contributed by atoms with Crippen molar-refractivity contribution in [3.05, 3.63) is 93.4 Å². The molecule has 0 spiro atoms. The summed E-state index contributed by atoms with van der Waals surface area (Å²) in [4.78, 5) is 15.8. The first kappa shape index (κ1) is 27.5. The van der Waals surface area contributed by atoms with Gasteiger partial charge in [-0.3, -0.25) is 4.79 Å². The smallest absolute Gasteiger partial charge is 0.259 e. The van der Waals surface area contributed by atoms with Crippen molar-refractivity contribution in [2.24, 2.45) is 0 Å². The Morgan fingerprint density at radius 3 is 2.36 bits per heavy atom. The number of carbonyl (C=O) groups is 1. The molecule has 39 heavy (non-hydrogen) atoms. The first-order chi connectivity index (χ1) is 18.7. The highest BCUT2D eigenvalue weighted by Gasteiger charge is 2.30. The Balaban J connectivity index is 1.39. The first-order valence-corrected chi connectivity index (χ1v) is 15.0. The normalized spacial score (nSPS) is 14.4. The van der Waals surface area contributed by atoms with Gasteiger partial charge in [-0.15, -0.1) is 0 Å². The predicted molar refractivity (Wildman–Crippen MR) is 160 cm³/mol. The number of halogens is 2. The van der Waals surface area contributed by atoms with Crippen LogP contribution in [-0.2, 0) is 10.0 Å². The van der Waals surface area contributed by atoms with Gasteiger partial charge in [-0.1, -0.05) is 59.6 Å². The lowest BCUT2D eigenvalue weighted by Crippen LogP contribution is -2.49. The number of carbonyl (C=O) groups excluding carboxylic acids is 1. The molecule has 1 N–H and O–H groups in total. The maximum absolute atomic E-state index is 13.5. The van der Waals surface area contributed by atoms with Crippen LogP contribution in [0.4, 0.5) is 11.4 Å². The zero-order chi connectivity index (χ0) is 27.7. The number of ether oxygens (including phenoxy) is 1. The summed E-state index contributed by atoms with van der Waals surface area (Å²) in [5.74, 6) is 0.0899. The van der Waals surface area contributed by atoms with Crippen molar-refractivity contribution in [3.8, 4) is 5.75 Å². The topological polar surface area (TPSA) is 79.0 Å². The monoisotopic (exact) mass is 627 g/mol. The second kappa shape index (κ2) is 11.2. The van der Waals surface area contributed by atoms with Gasteiger partial charge < -0.3 is 15.0 Å². The minimum Gasteiger partial charge on any atom is -0.495 e. The van der Waals surface area contributed by atoms with Gasteiger partial charge in [0.1, 0.15) is 5.75 Å². The summed E-state index contributed by atoms with van der Waals surface area (Å²) in [5, 5.41) is 5.31. The summed E-state index contributed by atoms with van der Waals surface area (Å²) < 4.78 is 34.1. The summed E-state index contributed by atoms with van der Waals surface area (Å²) in [6.45, 7) is 3.34. The molecule has 0 radical (unpaired) electrons. The molecule has 5 rings (SSSR count). The zero-order valence-electron chi connectivity index (χ0n) is 21.4. The van der Waals surface area contributed by atoms with Crippen LogP contribution < -0.4 is 15.0 Å². The quantitative estimate of drug-likeness (QED) is 0.270. The molecule has 10 heteroatoms. The molecule has 0 atom stereocenters. The zero-order valence-corrected chi connectivity index (χ0v) is 24.6. The van der Waals surface area contributed by atoms with Crippen molar-refractivity contribution in [1.82, 2.24) is 4.31 Å². The average Bonchev–Trinajstić information content (AvgIpc) is 2.93. The van der Waals surface area contributed by atoms with Crippen molar-refractivity contribution >= 4 is 65.6 Å². The highest BCUT2D eigenvalue weighted by Crippen LogP contribution is 2.39. The Bertz CT molecular complexity index is 1650. The number of methoxy groups -OCH3 is 1. The first-order valence-electron chi connectivity index (χ1n) is 12.4. The number of nitrogens with zero attached hydrogens (tertiary/aromatic N) is 2. The summed E-state index contributed by atoms with van der Waals surface area (Å²) in [6.07, 6.45) is 0. The van der Waals surface area contributed by atoms with E-state index in [1.807, 2.05) is 36.1 Å². The summed E-state index contributed by atoms with van der Waals surface area (Å²) >= 11 is 10.2. The molecule has 4 aromatic rings. The molecule has 1 aliphatic heterocycles. The number of hydrogen-bond acceptors (Lipinski definition) is 5. The number of anilines is 2. The summed E-state index contributed by atoms with van der Waals surface area (Å²) in [6, 6.07) is 21.7. The van der Waals surface area contributed by atoms with Crippen LogP contribution in [0.15, 0.2) is 82.2 Å². The maximum atomic E-state index is 13.5. The van der Waals surface area contributed by atoms with E-state index in [2.05, 4.69) is 21.2 Å². The number of nitrogens with one attached hydrogen (secondary N) is 1. The molecule has 1 amide bonds. The number of amides is 1. The Hall–Kier alpha value is -3.11. The molecule has 202 valence electrons. The molecule has 7 nitrogen and oxygen atoms in total. The fourth-order valence-electron chi connectivity index (χ4n) is 4.79. The van der Waals surface area contributed by atoms with E-state index in [4.69, 9.17) is 16.3 Å². The van der Waals surface area contributed by atoms with E-state index < -0.39 is 10.0 Å². The fourth-order valence-corrected chi connectivity index (χ4v) is 7.24. The van der Waals surface area contributed by atoms with Crippen molar-refractivity contribution in [2.75, 3.05) is 43.5 Å². The molecule has 1 aliphatic rings. The largest absolute Gasteiger partial charge is 0.495 e. The predicted octanol–water partition coefficient (Wildman–Crippen LogP) is 6.34. The number of rotatable bonds is 6. The minimum atomic E-state index is -3.60. The van der Waals surface area contributed by atoms with E-state index in [1.165, 1.54) is 11.4 Å². The number of hydrogen-bond donors (Lipinski definition) is 1. The molecule has 1 fully saturated rings. The van der Waals surface area contributed by atoms with Crippen molar-refractivity contribution in [3.63, 3.8) is 0 Å². The van der Waals surface area contributed by atoms with E-state index >= 15 is 0 Å². The Morgan fingerprint density at radius 1 is 0.974 bits per heavy atom. The van der Waals surface area contributed by atoms with E-state index in [9.17, 15) is 13.2 Å². The van der Waals surface area contributed by atoms with Crippen molar-refractivity contribution in [2.45, 2.75) is 11.8 Å². The van der Waals surface area contributed by atoms with E-state index in [-0.39, 0.29) is 10.8 Å². The van der Waals surface area contributed by atoms with Gasteiger partial charge in [0.05, 0.1) is 38.4 Å². The van der Waals surface area contributed by atoms with Gasteiger partial charge in [0.25, 0.3) is 5.91 Å². The molecule has 4 aromatic carbocycles. The standard InChI is InChI=1S/C29H27BrClN3O4S/c1-19-10-12-21(13-11-19)39(36,37)34-16-14-33(15-17-34)27-24(31)8-5-9-25(27)32-29(35)23-18-20-6-3-4-7-22(20)26(30)28(23)38-2/h3-13,18H,14-17H2,1-2H3,(H,32,35). The van der Waals surface area contributed by atoms with Gasteiger partial charge in [0.15, 0.2) is 0 Å². The molecule has 1 heterocycles. The number of sulfonamides is 1. The molecular weight excluding hydrogens is 602 g/mol. The van der Waals surface area contributed by atoms with Gasteiger partial charge >= 0.3 is 0 Å². The van der Waals surface area contributed by atoms with Crippen LogP contribution in [0.1, 0.15) is 15.9 Å². The molecule has 0 aliphatic carbocycles. The summed E-state index contributed by atoms with van der Waals surface area (Å²) in [7, 11) is -2.08. The third kappa shape index (κ3) is 5.36. The van der Waals surface area contributed by atoms with E-state index in [0.717, 1.165) is 16.3 Å². The Labute approximate surface area is 241 Å². The van der Waals surface area contributed by atoms with Crippen LogP contribution in [0.2, 0.25) is 5.02 Å². The van der Waals surface area contributed by atoms with E-state index in [1.54, 1.807) is 48.5 Å². The Morgan fingerprint density at radius 2 is 1.67 bits per heavy atom. The van der Waals surface area contributed by atoms with Crippen LogP contribution in [-0.4, -0.2) is 51.9 Å². The van der Waals surface area contributed by atoms with Gasteiger partial charge in [0, 0.05) is 26.2 Å². The minimum absolute atomic E-state index is 0.280. The highest BCUT2D eigenvalue weighted by molar-refractivity contribution is 9.10. The lowest BCUT2D eigenvalue weighted by atomic mass is 10.0. The van der Waals surface area contributed by atoms with Gasteiger partial charge in [-0.05, 0) is 64.0 Å². The van der Waals surface area contributed by atoms with Crippen LogP contribution in [0.5, 0.6) is 5.75 Å². The number of aryl methyl sites for hydroxylation is 1. The van der Waals surface area contributed by atoms with Crippen LogP contribution in [0.25, 0.3) is 10.8 Å². The number of fused-ring (bicyclic) bond motifs is 1. The van der Waals surface area contributed by atoms with Crippen LogP contribution in [0, 0.1) is 6.92 Å². The molecule has 0 bridgehead atoms. The number of benzene rings is 4. The number of piperazine rings is 1. The van der Waals surface area contributed by atoms with Crippen LogP contribution >= 0.6 is 27.5 Å². The third-order valence-corrected chi connectivity index (χ3v) is 9.84. The average molecular weight is 629 g/mol. The fraction of sp³-hybridized carbons (Fsp3) is 0.207. The Kier molecular flexibility index (Phi) is 7.87. The molecule has 0 saturated carbocycles. The van der Waals surface area contributed by atoms with E-state index in [0.29, 0.717) is 58.4 Å². The molecule has 0 aromatic heterocycles. The lowest BCUT2D eigenvalue weighted by Gasteiger charge is -2.36. The molecular formula is C29H27BrClN3O4S. The number of para-hydroxylation sites is 1. The molecule has 1 saturated heterocycles. The van der Waals surface area contributed by atoms with Crippen molar-refractivity contribution in [1.29, 1.82) is 0 Å². The van der Waals surface area contributed by atoms with Gasteiger partial charge in [0.2, 0.25) is 10.0 Å². The van der Waals surface area contributed by atoms with Crippen molar-refractivity contribution < 1.29 is 17.9 Å². The van der Waals surface area contributed by atoms with Gasteiger partial charge in [-0.2, -0.15) is 4.31 Å². The lowest BCUT2D eigenvalue weighted by molar-refractivity contribution is 0.102. The maximum Gasteiger partial charge on any atom is 0.259 e. The second-order valence-electron chi connectivity index (χ2n) is 9.29. The SMILES string of the molecule is COc1c(C(=O)Nc2cccc(Cl)c2N2CCN(S(=O)(=O)c3ccc(C)cc3)CC2)cc2ccccc2c1Br. The second-order valence-corrected chi connectivity index (χ2v) is 12.4. The third-order valence-electron chi connectivity index (χ3n) is 6.84.